The van der Waals surface area contributed by atoms with Gasteiger partial charge in [0.1, 0.15) is 12.3 Å². The van der Waals surface area contributed by atoms with E-state index in [0.29, 0.717) is 5.56 Å². The standard InChI is InChI=1S/C9H11BrN2O4/c1-5-2-6(9(14)8(13)3-10)11-4-7(5)12(15)16/h2,4,8-9,13-14H,3H2,1H3. The summed E-state index contributed by atoms with van der Waals surface area (Å²) >= 11 is 3.02. The van der Waals surface area contributed by atoms with E-state index >= 15 is 0 Å². The summed E-state index contributed by atoms with van der Waals surface area (Å²) in [4.78, 5) is 13.8. The minimum absolute atomic E-state index is 0.107. The van der Waals surface area contributed by atoms with Crippen LogP contribution in [0.2, 0.25) is 0 Å². The molecule has 1 aromatic heterocycles. The van der Waals surface area contributed by atoms with Crippen LogP contribution in [0.25, 0.3) is 0 Å². The lowest BCUT2D eigenvalue weighted by Crippen LogP contribution is -2.20. The fourth-order valence-electron chi connectivity index (χ4n) is 1.20. The monoisotopic (exact) mass is 290 g/mol. The van der Waals surface area contributed by atoms with Crippen LogP contribution in [0.15, 0.2) is 12.3 Å². The van der Waals surface area contributed by atoms with Crippen molar-refractivity contribution >= 4 is 21.6 Å². The van der Waals surface area contributed by atoms with Gasteiger partial charge in [-0.15, -0.1) is 0 Å². The summed E-state index contributed by atoms with van der Waals surface area (Å²) in [7, 11) is 0. The topological polar surface area (TPSA) is 96.5 Å². The molecule has 7 heteroatoms. The smallest absolute Gasteiger partial charge is 0.290 e. The van der Waals surface area contributed by atoms with Gasteiger partial charge >= 0.3 is 0 Å². The lowest BCUT2D eigenvalue weighted by Gasteiger charge is -2.14. The van der Waals surface area contributed by atoms with Gasteiger partial charge in [-0.3, -0.25) is 15.1 Å². The summed E-state index contributed by atoms with van der Waals surface area (Å²) in [6.07, 6.45) is -1.07. The van der Waals surface area contributed by atoms with Gasteiger partial charge in [-0.25, -0.2) is 0 Å². The Morgan fingerprint density at radius 1 is 1.62 bits per heavy atom. The number of hydrogen-bond donors (Lipinski definition) is 2. The minimum atomic E-state index is -1.15. The molecule has 0 aliphatic heterocycles. The molecule has 0 aromatic carbocycles. The molecular formula is C9H11BrN2O4. The van der Waals surface area contributed by atoms with E-state index < -0.39 is 17.1 Å². The number of rotatable bonds is 4. The molecule has 0 fully saturated rings. The molecule has 0 aliphatic carbocycles. The van der Waals surface area contributed by atoms with E-state index in [1.54, 1.807) is 6.92 Å². The average Bonchev–Trinajstić information content (AvgIpc) is 2.26. The summed E-state index contributed by atoms with van der Waals surface area (Å²) in [6, 6.07) is 1.40. The number of aromatic nitrogens is 1. The lowest BCUT2D eigenvalue weighted by molar-refractivity contribution is -0.385. The largest absolute Gasteiger partial charge is 0.389 e. The SMILES string of the molecule is Cc1cc(C(O)C(O)CBr)ncc1[N+](=O)[O-]. The van der Waals surface area contributed by atoms with Crippen molar-refractivity contribution < 1.29 is 15.1 Å². The van der Waals surface area contributed by atoms with Crippen LogP contribution in [-0.2, 0) is 0 Å². The van der Waals surface area contributed by atoms with Gasteiger partial charge in [0, 0.05) is 10.9 Å². The van der Waals surface area contributed by atoms with E-state index in [2.05, 4.69) is 20.9 Å². The maximum atomic E-state index is 10.5. The van der Waals surface area contributed by atoms with E-state index in [9.17, 15) is 20.3 Å². The van der Waals surface area contributed by atoms with Crippen LogP contribution in [0.3, 0.4) is 0 Å². The quantitative estimate of drug-likeness (QED) is 0.491. The van der Waals surface area contributed by atoms with Gasteiger partial charge in [0.25, 0.3) is 5.69 Å². The van der Waals surface area contributed by atoms with Crippen molar-refractivity contribution in [2.24, 2.45) is 0 Å². The van der Waals surface area contributed by atoms with Gasteiger partial charge in [0.2, 0.25) is 0 Å². The number of aryl methyl sites for hydroxylation is 1. The Morgan fingerprint density at radius 3 is 2.69 bits per heavy atom. The number of pyridine rings is 1. The molecule has 1 rings (SSSR count). The zero-order chi connectivity index (χ0) is 12.3. The zero-order valence-corrected chi connectivity index (χ0v) is 10.1. The second kappa shape index (κ2) is 5.33. The summed E-state index contributed by atoms with van der Waals surface area (Å²) < 4.78 is 0. The number of nitrogens with zero attached hydrogens (tertiary/aromatic N) is 2. The molecule has 0 amide bonds. The highest BCUT2D eigenvalue weighted by Crippen LogP contribution is 2.22. The highest BCUT2D eigenvalue weighted by Gasteiger charge is 2.21. The summed E-state index contributed by atoms with van der Waals surface area (Å²) in [5.41, 5.74) is 0.509. The third-order valence-electron chi connectivity index (χ3n) is 2.13. The Bertz CT molecular complexity index is 399. The van der Waals surface area contributed by atoms with Crippen molar-refractivity contribution in [3.8, 4) is 0 Å². The first-order valence-electron chi connectivity index (χ1n) is 4.50. The van der Waals surface area contributed by atoms with Crippen molar-refractivity contribution in [1.29, 1.82) is 0 Å². The molecule has 88 valence electrons. The number of halogens is 1. The Labute approximate surface area is 100 Å². The highest BCUT2D eigenvalue weighted by molar-refractivity contribution is 9.09. The maximum Gasteiger partial charge on any atom is 0.290 e. The molecule has 6 nitrogen and oxygen atoms in total. The molecule has 2 N–H and O–H groups in total. The van der Waals surface area contributed by atoms with E-state index in [0.717, 1.165) is 6.20 Å². The van der Waals surface area contributed by atoms with Crippen LogP contribution >= 0.6 is 15.9 Å². The number of aliphatic hydroxyl groups is 2. The normalized spacial score (nSPS) is 14.5. The first-order valence-corrected chi connectivity index (χ1v) is 5.62. The highest BCUT2D eigenvalue weighted by atomic mass is 79.9. The molecule has 16 heavy (non-hydrogen) atoms. The van der Waals surface area contributed by atoms with Crippen molar-refractivity contribution in [3.05, 3.63) is 33.6 Å². The van der Waals surface area contributed by atoms with Gasteiger partial charge in [-0.05, 0) is 13.0 Å². The van der Waals surface area contributed by atoms with Gasteiger partial charge in [-0.2, -0.15) is 0 Å². The van der Waals surface area contributed by atoms with Gasteiger partial charge < -0.3 is 10.2 Å². The van der Waals surface area contributed by atoms with Gasteiger partial charge in [0.05, 0.1) is 16.7 Å². The second-order valence-corrected chi connectivity index (χ2v) is 3.97. The van der Waals surface area contributed by atoms with Gasteiger partial charge in [0.15, 0.2) is 0 Å². The third kappa shape index (κ3) is 2.75. The van der Waals surface area contributed by atoms with Crippen LogP contribution in [0, 0.1) is 17.0 Å². The molecule has 1 aromatic rings. The Hall–Kier alpha value is -1.05. The molecule has 2 atom stereocenters. The molecule has 2 unspecified atom stereocenters. The summed E-state index contributed by atoms with van der Waals surface area (Å²) in [6.45, 7) is 1.55. The Kier molecular flexibility index (Phi) is 4.34. The van der Waals surface area contributed by atoms with Crippen molar-refractivity contribution in [2.45, 2.75) is 19.1 Å². The molecule has 0 bridgehead atoms. The number of nitro groups is 1. The fraction of sp³-hybridized carbons (Fsp3) is 0.444. The zero-order valence-electron chi connectivity index (χ0n) is 8.50. The average molecular weight is 291 g/mol. The van der Waals surface area contributed by atoms with Crippen molar-refractivity contribution in [2.75, 3.05) is 5.33 Å². The van der Waals surface area contributed by atoms with Crippen LogP contribution in [0.5, 0.6) is 0 Å². The molecule has 1 heterocycles. The first kappa shape index (κ1) is 13.0. The predicted molar refractivity (Wildman–Crippen MR) is 60.4 cm³/mol. The van der Waals surface area contributed by atoms with E-state index in [1.807, 2.05) is 0 Å². The molecule has 0 saturated carbocycles. The molecule has 0 radical (unpaired) electrons. The predicted octanol–water partition coefficient (Wildman–Crippen LogP) is 1.09. The van der Waals surface area contributed by atoms with Crippen LogP contribution in [0.4, 0.5) is 5.69 Å². The number of aliphatic hydroxyl groups excluding tert-OH is 2. The van der Waals surface area contributed by atoms with E-state index in [-0.39, 0.29) is 16.7 Å². The molecular weight excluding hydrogens is 280 g/mol. The third-order valence-corrected chi connectivity index (χ3v) is 2.79. The maximum absolute atomic E-state index is 10.5. The summed E-state index contributed by atoms with van der Waals surface area (Å²) in [5, 5.41) is 29.7. The molecule has 0 spiro atoms. The van der Waals surface area contributed by atoms with Crippen molar-refractivity contribution in [3.63, 3.8) is 0 Å². The molecule has 0 saturated heterocycles. The van der Waals surface area contributed by atoms with Crippen LogP contribution in [-0.4, -0.2) is 31.6 Å². The van der Waals surface area contributed by atoms with E-state index in [4.69, 9.17) is 0 Å². The van der Waals surface area contributed by atoms with Crippen LogP contribution < -0.4 is 0 Å². The van der Waals surface area contributed by atoms with Gasteiger partial charge in [-0.1, -0.05) is 15.9 Å². The van der Waals surface area contributed by atoms with Crippen molar-refractivity contribution in [1.82, 2.24) is 4.98 Å². The Balaban J connectivity index is 3.01. The van der Waals surface area contributed by atoms with Crippen LogP contribution in [0.1, 0.15) is 17.4 Å². The first-order chi connectivity index (χ1) is 7.47. The summed E-state index contributed by atoms with van der Waals surface area (Å²) in [5.74, 6) is 0. The second-order valence-electron chi connectivity index (χ2n) is 3.32. The number of hydrogen-bond acceptors (Lipinski definition) is 5. The lowest BCUT2D eigenvalue weighted by atomic mass is 10.1. The Morgan fingerprint density at radius 2 is 2.25 bits per heavy atom. The minimum Gasteiger partial charge on any atom is -0.389 e. The molecule has 0 aliphatic rings. The van der Waals surface area contributed by atoms with E-state index in [1.165, 1.54) is 6.07 Å². The fourth-order valence-corrected chi connectivity index (χ4v) is 1.56. The number of alkyl halides is 1.